The normalized spacial score (nSPS) is 12.0. The third-order valence-corrected chi connectivity index (χ3v) is 3.80. The fourth-order valence-electron chi connectivity index (χ4n) is 2.69. The van der Waals surface area contributed by atoms with E-state index in [1.54, 1.807) is 48.5 Å². The summed E-state index contributed by atoms with van der Waals surface area (Å²) in [5.41, 5.74) is 1.46. The molecule has 25 heavy (non-hydrogen) atoms. The second kappa shape index (κ2) is 6.56. The summed E-state index contributed by atoms with van der Waals surface area (Å²) in [6.45, 7) is 0. The zero-order valence-corrected chi connectivity index (χ0v) is 13.0. The summed E-state index contributed by atoms with van der Waals surface area (Å²) in [6.07, 6.45) is -0.706. The van der Waals surface area contributed by atoms with Crippen LogP contribution in [0.1, 0.15) is 16.8 Å². The zero-order valence-electron chi connectivity index (χ0n) is 13.0. The van der Waals surface area contributed by atoms with Crippen molar-refractivity contribution in [3.8, 4) is 0 Å². The summed E-state index contributed by atoms with van der Waals surface area (Å²) in [6, 6.07) is 12.5. The van der Waals surface area contributed by atoms with Crippen molar-refractivity contribution in [2.24, 2.45) is 0 Å². The number of carbonyl (C=O) groups excluding carboxylic acids is 1. The molecule has 0 bridgehead atoms. The Labute approximate surface area is 141 Å². The molecule has 3 N–H and O–H groups in total. The number of benzene rings is 2. The minimum absolute atomic E-state index is 0.276. The lowest BCUT2D eigenvalue weighted by Crippen LogP contribution is -2.42. The number of carboxylic acid groups (broad SMARTS) is 2. The van der Waals surface area contributed by atoms with Gasteiger partial charge in [0.25, 0.3) is 5.91 Å². The minimum atomic E-state index is -1.52. The molecule has 0 radical (unpaired) electrons. The molecule has 0 saturated heterocycles. The van der Waals surface area contributed by atoms with Crippen molar-refractivity contribution >= 4 is 39.7 Å². The van der Waals surface area contributed by atoms with Crippen LogP contribution in [-0.2, 0) is 9.59 Å². The maximum Gasteiger partial charge on any atom is 0.326 e. The van der Waals surface area contributed by atoms with E-state index in [2.05, 4.69) is 10.3 Å². The number of pyridine rings is 1. The first-order valence-electron chi connectivity index (χ1n) is 7.50. The highest BCUT2D eigenvalue weighted by molar-refractivity contribution is 6.16. The van der Waals surface area contributed by atoms with Crippen LogP contribution in [-0.4, -0.2) is 39.1 Å². The molecule has 0 aliphatic rings. The third-order valence-electron chi connectivity index (χ3n) is 3.80. The molecule has 3 rings (SSSR count). The number of carbonyl (C=O) groups is 3. The van der Waals surface area contributed by atoms with Gasteiger partial charge in [0.15, 0.2) is 0 Å². The van der Waals surface area contributed by atoms with Gasteiger partial charge in [-0.25, -0.2) is 9.78 Å². The number of aliphatic carboxylic acids is 2. The number of rotatable bonds is 5. The largest absolute Gasteiger partial charge is 0.481 e. The average molecular weight is 338 g/mol. The highest BCUT2D eigenvalue weighted by atomic mass is 16.4. The Bertz CT molecular complexity index is 945. The quantitative estimate of drug-likeness (QED) is 0.613. The third kappa shape index (κ3) is 3.25. The maximum atomic E-state index is 12.8. The highest BCUT2D eigenvalue weighted by Crippen LogP contribution is 2.26. The van der Waals surface area contributed by atoms with Gasteiger partial charge in [0.05, 0.1) is 23.0 Å². The van der Waals surface area contributed by atoms with Crippen LogP contribution in [0.2, 0.25) is 0 Å². The fraction of sp³-hybridized carbons (Fsp3) is 0.111. The van der Waals surface area contributed by atoms with Crippen LogP contribution < -0.4 is 5.32 Å². The van der Waals surface area contributed by atoms with Crippen molar-refractivity contribution in [2.75, 3.05) is 0 Å². The molecular weight excluding hydrogens is 324 g/mol. The Balaban J connectivity index is 2.13. The number of carboxylic acids is 2. The molecule has 0 aliphatic carbocycles. The van der Waals surface area contributed by atoms with E-state index in [4.69, 9.17) is 10.2 Å². The van der Waals surface area contributed by atoms with Crippen molar-refractivity contribution in [3.63, 3.8) is 0 Å². The molecule has 126 valence electrons. The molecule has 0 unspecified atom stereocenters. The highest BCUT2D eigenvalue weighted by Gasteiger charge is 2.25. The topological polar surface area (TPSA) is 117 Å². The minimum Gasteiger partial charge on any atom is -0.481 e. The van der Waals surface area contributed by atoms with Gasteiger partial charge < -0.3 is 15.5 Å². The van der Waals surface area contributed by atoms with Gasteiger partial charge in [0.2, 0.25) is 0 Å². The van der Waals surface area contributed by atoms with E-state index < -0.39 is 30.3 Å². The van der Waals surface area contributed by atoms with Crippen molar-refractivity contribution < 1.29 is 24.6 Å². The van der Waals surface area contributed by atoms with Crippen LogP contribution in [0.25, 0.3) is 21.8 Å². The molecule has 1 aromatic heterocycles. The number of fused-ring (bicyclic) bond motifs is 2. The van der Waals surface area contributed by atoms with Gasteiger partial charge in [0.1, 0.15) is 6.04 Å². The molecule has 7 heteroatoms. The number of aromatic nitrogens is 1. The summed E-state index contributed by atoms with van der Waals surface area (Å²) in [5.74, 6) is -3.36. The van der Waals surface area contributed by atoms with Gasteiger partial charge in [-0.05, 0) is 12.1 Å². The lowest BCUT2D eigenvalue weighted by Gasteiger charge is -2.15. The van der Waals surface area contributed by atoms with Crippen molar-refractivity contribution in [2.45, 2.75) is 12.5 Å². The molecule has 0 fully saturated rings. The Morgan fingerprint density at radius 3 is 1.92 bits per heavy atom. The van der Waals surface area contributed by atoms with E-state index in [-0.39, 0.29) is 5.56 Å². The van der Waals surface area contributed by atoms with Gasteiger partial charge in [-0.3, -0.25) is 9.59 Å². The van der Waals surface area contributed by atoms with E-state index >= 15 is 0 Å². The predicted molar refractivity (Wildman–Crippen MR) is 90.4 cm³/mol. The van der Waals surface area contributed by atoms with E-state index in [0.29, 0.717) is 21.8 Å². The van der Waals surface area contributed by atoms with E-state index in [0.717, 1.165) is 0 Å². The summed E-state index contributed by atoms with van der Waals surface area (Å²) < 4.78 is 0. The van der Waals surface area contributed by atoms with Crippen molar-refractivity contribution in [3.05, 3.63) is 54.1 Å². The van der Waals surface area contributed by atoms with Gasteiger partial charge in [-0.15, -0.1) is 0 Å². The fourth-order valence-corrected chi connectivity index (χ4v) is 2.69. The number of hydrogen-bond acceptors (Lipinski definition) is 4. The van der Waals surface area contributed by atoms with Gasteiger partial charge in [-0.1, -0.05) is 36.4 Å². The number of para-hydroxylation sites is 2. The van der Waals surface area contributed by atoms with Gasteiger partial charge in [-0.2, -0.15) is 0 Å². The predicted octanol–water partition coefficient (Wildman–Crippen LogP) is 2.05. The lowest BCUT2D eigenvalue weighted by molar-refractivity contribution is -0.145. The summed E-state index contributed by atoms with van der Waals surface area (Å²) in [7, 11) is 0. The van der Waals surface area contributed by atoms with Crippen LogP contribution in [0, 0.1) is 0 Å². The molecule has 0 spiro atoms. The average Bonchev–Trinajstić information content (AvgIpc) is 2.58. The van der Waals surface area contributed by atoms with Crippen LogP contribution in [0.3, 0.4) is 0 Å². The van der Waals surface area contributed by atoms with E-state index in [1.807, 2.05) is 0 Å². The lowest BCUT2D eigenvalue weighted by atomic mass is 10.0. The van der Waals surface area contributed by atoms with Crippen molar-refractivity contribution in [1.29, 1.82) is 0 Å². The standard InChI is InChI=1S/C18H14N2O5/c21-15(22)9-14(18(24)25)20-17(23)16-10-5-1-3-7-12(10)19-13-8-4-2-6-11(13)16/h1-8,14H,9H2,(H,20,23)(H,21,22)(H,24,25)/t14-/m0/s1. The molecule has 0 aliphatic heterocycles. The molecule has 1 heterocycles. The van der Waals surface area contributed by atoms with Crippen molar-refractivity contribution in [1.82, 2.24) is 10.3 Å². The smallest absolute Gasteiger partial charge is 0.326 e. The number of nitrogens with one attached hydrogen (secondary N) is 1. The summed E-state index contributed by atoms with van der Waals surface area (Å²) >= 11 is 0. The van der Waals surface area contributed by atoms with Crippen LogP contribution >= 0.6 is 0 Å². The number of nitrogens with zero attached hydrogens (tertiary/aromatic N) is 1. The molecule has 3 aromatic rings. The second-order valence-corrected chi connectivity index (χ2v) is 5.48. The number of amides is 1. The van der Waals surface area contributed by atoms with Crippen LogP contribution in [0.5, 0.6) is 0 Å². The Morgan fingerprint density at radius 2 is 1.44 bits per heavy atom. The first-order chi connectivity index (χ1) is 12.0. The second-order valence-electron chi connectivity index (χ2n) is 5.48. The first-order valence-corrected chi connectivity index (χ1v) is 7.50. The van der Waals surface area contributed by atoms with E-state index in [1.165, 1.54) is 0 Å². The maximum absolute atomic E-state index is 12.8. The Morgan fingerprint density at radius 1 is 0.920 bits per heavy atom. The number of hydrogen-bond donors (Lipinski definition) is 3. The van der Waals surface area contributed by atoms with Crippen LogP contribution in [0.4, 0.5) is 0 Å². The van der Waals surface area contributed by atoms with Gasteiger partial charge in [0, 0.05) is 10.8 Å². The molecular formula is C18H14N2O5. The first kappa shape index (κ1) is 16.4. The molecule has 0 saturated carbocycles. The molecule has 7 nitrogen and oxygen atoms in total. The molecule has 1 amide bonds. The van der Waals surface area contributed by atoms with Gasteiger partial charge >= 0.3 is 11.9 Å². The molecule has 1 atom stereocenters. The SMILES string of the molecule is O=C(O)C[C@H](NC(=O)c1c2ccccc2nc2ccccc12)C(=O)O. The zero-order chi connectivity index (χ0) is 18.0. The van der Waals surface area contributed by atoms with E-state index in [9.17, 15) is 14.4 Å². The van der Waals surface area contributed by atoms with Crippen LogP contribution in [0.15, 0.2) is 48.5 Å². The summed E-state index contributed by atoms with van der Waals surface area (Å²) in [5, 5.41) is 21.4. The summed E-state index contributed by atoms with van der Waals surface area (Å²) in [4.78, 5) is 39.3. The molecule has 2 aromatic carbocycles. The monoisotopic (exact) mass is 338 g/mol. The Kier molecular flexibility index (Phi) is 4.30. The Hall–Kier alpha value is -3.48.